The molecule has 1 saturated heterocycles. The minimum atomic E-state index is -1.09. The van der Waals surface area contributed by atoms with E-state index in [2.05, 4.69) is 37.1 Å². The third-order valence-corrected chi connectivity index (χ3v) is 6.64. The van der Waals surface area contributed by atoms with E-state index >= 15 is 8.78 Å². The Morgan fingerprint density at radius 1 is 1.15 bits per heavy atom. The summed E-state index contributed by atoms with van der Waals surface area (Å²) in [7, 11) is 0. The van der Waals surface area contributed by atoms with Crippen LogP contribution in [0.25, 0.3) is 16.7 Å². The molecule has 0 bridgehead atoms. The maximum atomic E-state index is 15.2. The molecule has 1 amide bonds. The SMILES string of the molecule is C=CC(=O)Nc1cccc(-n2cnc(=O)c3cnc(Nc4ccc(N5CCN(CC(C)O)CC5)c(F)c4F)nc32)c1. The van der Waals surface area contributed by atoms with Crippen LogP contribution in [0.2, 0.25) is 0 Å². The number of aliphatic hydroxyl groups is 1. The summed E-state index contributed by atoms with van der Waals surface area (Å²) in [5.74, 6) is -2.54. The maximum absolute atomic E-state index is 15.2. The molecule has 13 heteroatoms. The smallest absolute Gasteiger partial charge is 0.283 e. The standard InChI is InChI=1S/C28H28F2N8O3/c1-3-23(40)33-18-5-4-6-19(13-18)38-16-32-27(41)20-14-31-28(35-26(20)38)34-21-7-8-22(25(30)24(21)29)37-11-9-36(10-12-37)15-17(2)39/h3-8,13-14,16-17,39H,1,9-12,15H2,2H3,(H,33,40)(H,31,34,35). The van der Waals surface area contributed by atoms with Crippen molar-refractivity contribution in [3.05, 3.63) is 83.6 Å². The fourth-order valence-corrected chi connectivity index (χ4v) is 4.66. The van der Waals surface area contributed by atoms with Crippen molar-refractivity contribution in [3.8, 4) is 5.69 Å². The summed E-state index contributed by atoms with van der Waals surface area (Å²) >= 11 is 0. The Bertz CT molecular complexity index is 1670. The molecule has 212 valence electrons. The lowest BCUT2D eigenvalue weighted by molar-refractivity contribution is -0.111. The van der Waals surface area contributed by atoms with Crippen molar-refractivity contribution >= 4 is 40.0 Å². The molecule has 41 heavy (non-hydrogen) atoms. The second kappa shape index (κ2) is 11.8. The summed E-state index contributed by atoms with van der Waals surface area (Å²) in [5, 5.41) is 15.1. The Kier molecular flexibility index (Phi) is 7.99. The van der Waals surface area contributed by atoms with Crippen LogP contribution in [0.1, 0.15) is 6.92 Å². The number of hydrogen-bond donors (Lipinski definition) is 3. The van der Waals surface area contributed by atoms with Gasteiger partial charge in [0.2, 0.25) is 11.9 Å². The number of carbonyl (C=O) groups excluding carboxylic acids is 1. The third kappa shape index (κ3) is 6.05. The molecule has 11 nitrogen and oxygen atoms in total. The number of aromatic nitrogens is 4. The van der Waals surface area contributed by atoms with Crippen molar-refractivity contribution < 1.29 is 18.7 Å². The molecule has 1 unspecified atom stereocenters. The van der Waals surface area contributed by atoms with Crippen molar-refractivity contribution in [2.45, 2.75) is 13.0 Å². The van der Waals surface area contributed by atoms with Crippen LogP contribution in [-0.4, -0.2) is 74.3 Å². The van der Waals surface area contributed by atoms with Crippen LogP contribution in [0, 0.1) is 11.6 Å². The zero-order valence-electron chi connectivity index (χ0n) is 22.2. The van der Waals surface area contributed by atoms with Crippen molar-refractivity contribution in [2.24, 2.45) is 0 Å². The zero-order valence-corrected chi connectivity index (χ0v) is 22.2. The molecular formula is C28H28F2N8O3. The van der Waals surface area contributed by atoms with Gasteiger partial charge in [0.15, 0.2) is 17.3 Å². The third-order valence-electron chi connectivity index (χ3n) is 6.64. The zero-order chi connectivity index (χ0) is 29.1. The Labute approximate surface area is 233 Å². The molecule has 1 aliphatic heterocycles. The number of rotatable bonds is 8. The van der Waals surface area contributed by atoms with Gasteiger partial charge in [0.05, 0.1) is 23.2 Å². The number of aliphatic hydroxyl groups excluding tert-OH is 1. The highest BCUT2D eigenvalue weighted by Crippen LogP contribution is 2.29. The highest BCUT2D eigenvalue weighted by molar-refractivity contribution is 5.99. The highest BCUT2D eigenvalue weighted by atomic mass is 19.2. The number of benzene rings is 2. The second-order valence-corrected chi connectivity index (χ2v) is 9.62. The number of nitrogens with zero attached hydrogens (tertiary/aromatic N) is 6. The lowest BCUT2D eigenvalue weighted by atomic mass is 10.2. The first-order valence-electron chi connectivity index (χ1n) is 12.9. The highest BCUT2D eigenvalue weighted by Gasteiger charge is 2.23. The molecule has 1 atom stereocenters. The van der Waals surface area contributed by atoms with Gasteiger partial charge in [-0.25, -0.2) is 13.8 Å². The van der Waals surface area contributed by atoms with E-state index in [0.29, 0.717) is 44.1 Å². The number of halogens is 2. The summed E-state index contributed by atoms with van der Waals surface area (Å²) in [6.45, 7) is 7.91. The first-order valence-corrected chi connectivity index (χ1v) is 12.9. The summed E-state index contributed by atoms with van der Waals surface area (Å²) in [5.41, 5.74) is 0.594. The monoisotopic (exact) mass is 562 g/mol. The van der Waals surface area contributed by atoms with Crippen molar-refractivity contribution in [1.82, 2.24) is 24.4 Å². The van der Waals surface area contributed by atoms with E-state index in [4.69, 9.17) is 0 Å². The number of hydrogen-bond acceptors (Lipinski definition) is 9. The maximum Gasteiger partial charge on any atom is 0.283 e. The van der Waals surface area contributed by atoms with Gasteiger partial charge in [-0.1, -0.05) is 12.6 Å². The van der Waals surface area contributed by atoms with Crippen LogP contribution >= 0.6 is 0 Å². The van der Waals surface area contributed by atoms with E-state index in [-0.39, 0.29) is 28.4 Å². The van der Waals surface area contributed by atoms with Crippen molar-refractivity contribution in [2.75, 3.05) is 48.3 Å². The van der Waals surface area contributed by atoms with Crippen LogP contribution in [0.15, 0.2) is 66.4 Å². The van der Waals surface area contributed by atoms with Crippen LogP contribution < -0.4 is 21.1 Å². The summed E-state index contributed by atoms with van der Waals surface area (Å²) in [6, 6.07) is 9.67. The quantitative estimate of drug-likeness (QED) is 0.278. The Hall–Kier alpha value is -4.75. The predicted octanol–water partition coefficient (Wildman–Crippen LogP) is 2.82. The Morgan fingerprint density at radius 3 is 2.66 bits per heavy atom. The van der Waals surface area contributed by atoms with Gasteiger partial charge in [-0.05, 0) is 43.3 Å². The number of carbonyl (C=O) groups is 1. The minimum Gasteiger partial charge on any atom is -0.392 e. The molecular weight excluding hydrogens is 534 g/mol. The van der Waals surface area contributed by atoms with Gasteiger partial charge in [0, 0.05) is 44.6 Å². The summed E-state index contributed by atoms with van der Waals surface area (Å²) in [6.07, 6.45) is 3.23. The number of fused-ring (bicyclic) bond motifs is 1. The van der Waals surface area contributed by atoms with Crippen LogP contribution in [0.3, 0.4) is 0 Å². The minimum absolute atomic E-state index is 0.0641. The van der Waals surface area contributed by atoms with E-state index in [1.807, 2.05) is 0 Å². The van der Waals surface area contributed by atoms with Gasteiger partial charge in [-0.3, -0.25) is 19.1 Å². The molecule has 2 aromatic carbocycles. The molecule has 0 aliphatic carbocycles. The Morgan fingerprint density at radius 2 is 1.93 bits per heavy atom. The van der Waals surface area contributed by atoms with E-state index in [9.17, 15) is 14.7 Å². The van der Waals surface area contributed by atoms with Gasteiger partial charge >= 0.3 is 0 Å². The number of amides is 1. The van der Waals surface area contributed by atoms with E-state index < -0.39 is 29.2 Å². The van der Waals surface area contributed by atoms with E-state index in [0.717, 1.165) is 6.08 Å². The number of nitrogens with one attached hydrogen (secondary N) is 2. The van der Waals surface area contributed by atoms with Gasteiger partial charge in [-0.2, -0.15) is 9.97 Å². The first-order chi connectivity index (χ1) is 19.7. The fraction of sp³-hybridized carbons (Fsp3) is 0.250. The molecule has 5 rings (SSSR count). The van der Waals surface area contributed by atoms with Crippen LogP contribution in [-0.2, 0) is 4.79 Å². The number of anilines is 4. The van der Waals surface area contributed by atoms with Gasteiger partial charge < -0.3 is 20.6 Å². The second-order valence-electron chi connectivity index (χ2n) is 9.62. The van der Waals surface area contributed by atoms with Gasteiger partial charge in [0.1, 0.15) is 11.7 Å². The number of piperazine rings is 1. The molecule has 3 heterocycles. The van der Waals surface area contributed by atoms with Crippen molar-refractivity contribution in [1.29, 1.82) is 0 Å². The normalized spacial score (nSPS) is 14.6. The predicted molar refractivity (Wildman–Crippen MR) is 152 cm³/mol. The molecule has 0 saturated carbocycles. The van der Waals surface area contributed by atoms with Crippen molar-refractivity contribution in [3.63, 3.8) is 0 Å². The molecule has 2 aromatic heterocycles. The van der Waals surface area contributed by atoms with Gasteiger partial charge in [0.25, 0.3) is 5.56 Å². The molecule has 0 spiro atoms. The molecule has 0 radical (unpaired) electrons. The topological polar surface area (TPSA) is 129 Å². The van der Waals surface area contributed by atoms with E-state index in [1.165, 1.54) is 29.2 Å². The Balaban J connectivity index is 1.42. The van der Waals surface area contributed by atoms with E-state index in [1.54, 1.807) is 36.1 Å². The molecule has 1 fully saturated rings. The first kappa shape index (κ1) is 27.8. The lowest BCUT2D eigenvalue weighted by Gasteiger charge is -2.36. The average molecular weight is 563 g/mol. The fourth-order valence-electron chi connectivity index (χ4n) is 4.66. The molecule has 1 aliphatic rings. The number of β-amino-alcohol motifs (C(OH)–C–C–N with tert-alkyl or cyclic N) is 1. The average Bonchev–Trinajstić information content (AvgIpc) is 2.96. The van der Waals surface area contributed by atoms with Gasteiger partial charge in [-0.15, -0.1) is 0 Å². The molecule has 3 N–H and O–H groups in total. The summed E-state index contributed by atoms with van der Waals surface area (Å²) < 4.78 is 31.9. The lowest BCUT2D eigenvalue weighted by Crippen LogP contribution is -2.48. The van der Waals surface area contributed by atoms with Crippen LogP contribution in [0.5, 0.6) is 0 Å². The summed E-state index contributed by atoms with van der Waals surface area (Å²) in [4.78, 5) is 40.4. The largest absolute Gasteiger partial charge is 0.392 e. The molecule has 4 aromatic rings. The van der Waals surface area contributed by atoms with Crippen LogP contribution in [0.4, 0.5) is 31.8 Å².